The Kier molecular flexibility index (Phi) is 7.99. The van der Waals surface area contributed by atoms with Crippen LogP contribution >= 0.6 is 50.9 Å². The van der Waals surface area contributed by atoms with E-state index in [1.807, 2.05) is 24.3 Å². The van der Waals surface area contributed by atoms with Gasteiger partial charge in [0.25, 0.3) is 5.91 Å². The van der Waals surface area contributed by atoms with Crippen LogP contribution in [0, 0.1) is 0 Å². The van der Waals surface area contributed by atoms with E-state index in [2.05, 4.69) is 36.8 Å². The third-order valence-corrected chi connectivity index (χ3v) is 6.48. The van der Waals surface area contributed by atoms with Gasteiger partial charge in [-0.2, -0.15) is 0 Å². The molecule has 1 aromatic heterocycles. The number of rotatable bonds is 7. The van der Waals surface area contributed by atoms with Crippen molar-refractivity contribution in [3.8, 4) is 0 Å². The number of aromatic nitrogens is 3. The summed E-state index contributed by atoms with van der Waals surface area (Å²) in [6.45, 7) is 1.80. The summed E-state index contributed by atoms with van der Waals surface area (Å²) in [4.78, 5) is 24.7. The van der Waals surface area contributed by atoms with E-state index in [1.165, 1.54) is 17.8 Å². The average molecular weight is 543 g/mol. The van der Waals surface area contributed by atoms with Crippen LogP contribution in [0.4, 0.5) is 5.69 Å². The number of nitrogens with zero attached hydrogens (tertiary/aromatic N) is 3. The first kappa shape index (κ1) is 23.6. The van der Waals surface area contributed by atoms with Crippen LogP contribution in [0.15, 0.2) is 52.1 Å². The van der Waals surface area contributed by atoms with Crippen molar-refractivity contribution in [3.05, 3.63) is 68.4 Å². The third-order valence-electron chi connectivity index (χ3n) is 4.23. The van der Waals surface area contributed by atoms with E-state index in [0.29, 0.717) is 32.3 Å². The molecule has 31 heavy (non-hydrogen) atoms. The van der Waals surface area contributed by atoms with Gasteiger partial charge in [0.05, 0.1) is 21.8 Å². The van der Waals surface area contributed by atoms with E-state index in [1.54, 1.807) is 30.7 Å². The van der Waals surface area contributed by atoms with Gasteiger partial charge in [0.1, 0.15) is 0 Å². The van der Waals surface area contributed by atoms with Crippen molar-refractivity contribution in [1.82, 2.24) is 20.1 Å². The Morgan fingerprint density at radius 2 is 1.94 bits per heavy atom. The topological polar surface area (TPSA) is 88.9 Å². The quantitative estimate of drug-likeness (QED) is 0.405. The van der Waals surface area contributed by atoms with Crippen LogP contribution in [-0.4, -0.2) is 32.3 Å². The summed E-state index contributed by atoms with van der Waals surface area (Å²) < 4.78 is 2.63. The molecule has 3 aromatic rings. The zero-order valence-electron chi connectivity index (χ0n) is 16.5. The van der Waals surface area contributed by atoms with Crippen molar-refractivity contribution in [2.24, 2.45) is 7.05 Å². The first-order valence-corrected chi connectivity index (χ1v) is 11.6. The van der Waals surface area contributed by atoms with Gasteiger partial charge in [0.15, 0.2) is 11.0 Å². The normalized spacial score (nSPS) is 11.8. The minimum absolute atomic E-state index is 0.159. The second-order valence-electron chi connectivity index (χ2n) is 6.57. The molecule has 1 heterocycles. The Morgan fingerprint density at radius 1 is 1.16 bits per heavy atom. The molecule has 0 aliphatic carbocycles. The molecule has 0 fully saturated rings. The largest absolute Gasteiger partial charge is 0.342 e. The summed E-state index contributed by atoms with van der Waals surface area (Å²) in [6, 6.07) is 11.6. The Bertz CT molecular complexity index is 1120. The average Bonchev–Trinajstić information content (AvgIpc) is 3.09. The van der Waals surface area contributed by atoms with Gasteiger partial charge in [-0.15, -0.1) is 10.2 Å². The lowest BCUT2D eigenvalue weighted by atomic mass is 10.2. The molecule has 1 unspecified atom stereocenters. The molecule has 2 N–H and O–H groups in total. The number of benzene rings is 2. The molecule has 0 aliphatic heterocycles. The van der Waals surface area contributed by atoms with E-state index >= 15 is 0 Å². The third kappa shape index (κ3) is 6.22. The van der Waals surface area contributed by atoms with Crippen molar-refractivity contribution in [3.63, 3.8) is 0 Å². The van der Waals surface area contributed by atoms with Gasteiger partial charge in [0, 0.05) is 22.8 Å². The first-order valence-electron chi connectivity index (χ1n) is 9.08. The molecule has 0 saturated carbocycles. The van der Waals surface area contributed by atoms with Gasteiger partial charge in [-0.05, 0) is 43.3 Å². The smallest absolute Gasteiger partial charge is 0.251 e. The van der Waals surface area contributed by atoms with Gasteiger partial charge in [-0.1, -0.05) is 57.0 Å². The van der Waals surface area contributed by atoms with Crippen LogP contribution in [0.5, 0.6) is 0 Å². The molecule has 1 atom stereocenters. The molecule has 2 aromatic carbocycles. The standard InChI is InChI=1S/C20H18BrCl2N5O2S/c1-11(24-19(30)12-6-7-15(22)16(23)8-12)18-26-27-20(28(18)2)31-10-17(29)25-14-5-3-4-13(21)9-14/h3-9,11H,10H2,1-2H3,(H,24,30)(H,25,29). The minimum atomic E-state index is -0.413. The number of halogens is 3. The summed E-state index contributed by atoms with van der Waals surface area (Å²) in [5.74, 6) is 0.260. The summed E-state index contributed by atoms with van der Waals surface area (Å²) in [5, 5.41) is 15.2. The lowest BCUT2D eigenvalue weighted by Gasteiger charge is -2.14. The van der Waals surface area contributed by atoms with E-state index < -0.39 is 6.04 Å². The fraction of sp³-hybridized carbons (Fsp3) is 0.200. The predicted molar refractivity (Wildman–Crippen MR) is 127 cm³/mol. The molecule has 3 rings (SSSR count). The highest BCUT2D eigenvalue weighted by atomic mass is 79.9. The number of carbonyl (C=O) groups is 2. The summed E-state index contributed by atoms with van der Waals surface area (Å²) >= 11 is 16.5. The number of hydrogen-bond donors (Lipinski definition) is 2. The number of nitrogens with one attached hydrogen (secondary N) is 2. The maximum Gasteiger partial charge on any atom is 0.251 e. The molecular weight excluding hydrogens is 525 g/mol. The minimum Gasteiger partial charge on any atom is -0.342 e. The Labute approximate surface area is 202 Å². The fourth-order valence-electron chi connectivity index (χ4n) is 2.70. The molecule has 0 radical (unpaired) electrons. The van der Waals surface area contributed by atoms with E-state index in [9.17, 15) is 9.59 Å². The van der Waals surface area contributed by atoms with Crippen LogP contribution in [0.3, 0.4) is 0 Å². The maximum atomic E-state index is 12.5. The Balaban J connectivity index is 1.59. The summed E-state index contributed by atoms with van der Waals surface area (Å²) in [6.07, 6.45) is 0. The second kappa shape index (κ2) is 10.5. The predicted octanol–water partition coefficient (Wildman–Crippen LogP) is 5.11. The molecule has 0 spiro atoms. The van der Waals surface area contributed by atoms with Crippen LogP contribution in [0.2, 0.25) is 10.0 Å². The fourth-order valence-corrected chi connectivity index (χ4v) is 4.12. The molecule has 0 aliphatic rings. The van der Waals surface area contributed by atoms with Gasteiger partial charge in [0.2, 0.25) is 5.91 Å². The van der Waals surface area contributed by atoms with E-state index in [-0.39, 0.29) is 17.6 Å². The maximum absolute atomic E-state index is 12.5. The lowest BCUT2D eigenvalue weighted by Crippen LogP contribution is -2.28. The highest BCUT2D eigenvalue weighted by Gasteiger charge is 2.19. The molecule has 11 heteroatoms. The van der Waals surface area contributed by atoms with Crippen LogP contribution < -0.4 is 10.6 Å². The van der Waals surface area contributed by atoms with Crippen LogP contribution in [0.1, 0.15) is 29.1 Å². The lowest BCUT2D eigenvalue weighted by molar-refractivity contribution is -0.113. The molecule has 2 amide bonds. The van der Waals surface area contributed by atoms with Gasteiger partial charge >= 0.3 is 0 Å². The molecule has 0 saturated heterocycles. The van der Waals surface area contributed by atoms with Gasteiger partial charge in [-0.25, -0.2) is 0 Å². The highest BCUT2D eigenvalue weighted by molar-refractivity contribution is 9.10. The highest BCUT2D eigenvalue weighted by Crippen LogP contribution is 2.24. The van der Waals surface area contributed by atoms with Crippen molar-refractivity contribution in [1.29, 1.82) is 0 Å². The zero-order valence-corrected chi connectivity index (χ0v) is 20.4. The van der Waals surface area contributed by atoms with Crippen molar-refractivity contribution in [2.75, 3.05) is 11.1 Å². The van der Waals surface area contributed by atoms with E-state index in [4.69, 9.17) is 23.2 Å². The van der Waals surface area contributed by atoms with Crippen molar-refractivity contribution >= 4 is 68.4 Å². The SMILES string of the molecule is CC(NC(=O)c1ccc(Cl)c(Cl)c1)c1nnc(SCC(=O)Nc2cccc(Br)c2)n1C. The molecular formula is C20H18BrCl2N5O2S. The molecule has 162 valence electrons. The molecule has 0 bridgehead atoms. The molecule has 7 nitrogen and oxygen atoms in total. The van der Waals surface area contributed by atoms with Gasteiger partial charge < -0.3 is 15.2 Å². The number of carbonyl (C=O) groups excluding carboxylic acids is 2. The number of anilines is 1. The summed E-state index contributed by atoms with van der Waals surface area (Å²) in [5.41, 5.74) is 1.10. The number of amides is 2. The van der Waals surface area contributed by atoms with Crippen LogP contribution in [0.25, 0.3) is 0 Å². The van der Waals surface area contributed by atoms with E-state index in [0.717, 1.165) is 4.47 Å². The zero-order chi connectivity index (χ0) is 22.5. The monoisotopic (exact) mass is 541 g/mol. The van der Waals surface area contributed by atoms with Crippen LogP contribution in [-0.2, 0) is 11.8 Å². The Morgan fingerprint density at radius 3 is 2.65 bits per heavy atom. The van der Waals surface area contributed by atoms with Gasteiger partial charge in [-0.3, -0.25) is 9.59 Å². The summed E-state index contributed by atoms with van der Waals surface area (Å²) in [7, 11) is 1.78. The second-order valence-corrected chi connectivity index (χ2v) is 9.24. The van der Waals surface area contributed by atoms with Crippen molar-refractivity contribution in [2.45, 2.75) is 18.1 Å². The number of thioether (sulfide) groups is 1. The number of hydrogen-bond acceptors (Lipinski definition) is 5. The Hall–Kier alpha value is -2.07. The first-order chi connectivity index (χ1) is 14.7. The van der Waals surface area contributed by atoms with Crippen molar-refractivity contribution < 1.29 is 9.59 Å².